The number of benzene rings is 2. The summed E-state index contributed by atoms with van der Waals surface area (Å²) < 4.78 is 18.7. The minimum Gasteiger partial charge on any atom is -0.465 e. The normalized spacial score (nSPS) is 13.5. The van der Waals surface area contributed by atoms with Crippen LogP contribution in [0.25, 0.3) is 10.9 Å². The highest BCUT2D eigenvalue weighted by Gasteiger charge is 2.26. The van der Waals surface area contributed by atoms with Gasteiger partial charge in [0.1, 0.15) is 5.82 Å². The van der Waals surface area contributed by atoms with Crippen LogP contribution >= 0.6 is 0 Å². The third kappa shape index (κ3) is 2.63. The van der Waals surface area contributed by atoms with Crippen molar-refractivity contribution in [3.05, 3.63) is 70.7 Å². The van der Waals surface area contributed by atoms with Gasteiger partial charge in [-0.05, 0) is 30.3 Å². The van der Waals surface area contributed by atoms with Crippen LogP contribution in [0.4, 0.5) is 4.39 Å². The van der Waals surface area contributed by atoms with E-state index in [2.05, 4.69) is 4.98 Å². The Morgan fingerprint density at radius 3 is 2.77 bits per heavy atom. The number of esters is 1. The molecule has 0 atom stereocenters. The zero-order valence-electron chi connectivity index (χ0n) is 14.2. The number of amides is 1. The first-order chi connectivity index (χ1) is 12.6. The molecule has 4 rings (SSSR count). The van der Waals surface area contributed by atoms with Gasteiger partial charge in [0.25, 0.3) is 5.91 Å². The highest BCUT2D eigenvalue weighted by molar-refractivity contribution is 5.97. The molecular formula is C20H17FN2O3. The van der Waals surface area contributed by atoms with Crippen LogP contribution in [0.3, 0.4) is 0 Å². The monoisotopic (exact) mass is 352 g/mol. The number of H-pyrrole nitrogens is 1. The maximum Gasteiger partial charge on any atom is 0.337 e. The van der Waals surface area contributed by atoms with Crippen molar-refractivity contribution in [3.8, 4) is 0 Å². The number of hydrogen-bond acceptors (Lipinski definition) is 3. The molecule has 0 fully saturated rings. The molecule has 26 heavy (non-hydrogen) atoms. The molecule has 0 spiro atoms. The molecule has 0 saturated heterocycles. The number of halogens is 1. The Morgan fingerprint density at radius 1 is 1.19 bits per heavy atom. The Bertz CT molecular complexity index is 1030. The average Bonchev–Trinajstić information content (AvgIpc) is 3.04. The number of aromatic amines is 1. The molecule has 2 aromatic carbocycles. The topological polar surface area (TPSA) is 62.4 Å². The van der Waals surface area contributed by atoms with Crippen LogP contribution in [-0.2, 0) is 17.7 Å². The summed E-state index contributed by atoms with van der Waals surface area (Å²) in [4.78, 5) is 29.5. The lowest BCUT2D eigenvalue weighted by Gasteiger charge is -2.27. The van der Waals surface area contributed by atoms with Crippen molar-refractivity contribution in [2.24, 2.45) is 0 Å². The molecule has 0 unspecified atom stereocenters. The molecule has 1 aliphatic heterocycles. The van der Waals surface area contributed by atoms with Crippen LogP contribution in [0, 0.1) is 5.82 Å². The van der Waals surface area contributed by atoms with Crippen LogP contribution in [0.1, 0.15) is 32.0 Å². The van der Waals surface area contributed by atoms with E-state index in [0.29, 0.717) is 25.1 Å². The van der Waals surface area contributed by atoms with Gasteiger partial charge in [-0.1, -0.05) is 12.1 Å². The fourth-order valence-electron chi connectivity index (χ4n) is 3.44. The van der Waals surface area contributed by atoms with E-state index in [1.54, 1.807) is 29.2 Å². The summed E-state index contributed by atoms with van der Waals surface area (Å²) in [5.74, 6) is -1.25. The number of carbonyl (C=O) groups excluding carboxylic acids is 2. The second-order valence-corrected chi connectivity index (χ2v) is 6.29. The van der Waals surface area contributed by atoms with Gasteiger partial charge in [0.15, 0.2) is 0 Å². The molecule has 5 nitrogen and oxygen atoms in total. The second kappa shape index (κ2) is 6.29. The molecule has 6 heteroatoms. The second-order valence-electron chi connectivity index (χ2n) is 6.29. The number of hydrogen-bond donors (Lipinski definition) is 1. The standard InChI is InChI=1S/C20H17FN2O3/c1-26-20(25)12-6-7-17-14(10-12)15-11-23(9-8-18(15)22-17)19(24)13-4-2-3-5-16(13)21/h2-7,10,22H,8-9,11H2,1H3. The van der Waals surface area contributed by atoms with E-state index in [-0.39, 0.29) is 11.5 Å². The quantitative estimate of drug-likeness (QED) is 0.720. The third-order valence-electron chi connectivity index (χ3n) is 4.79. The molecule has 1 aromatic heterocycles. The zero-order chi connectivity index (χ0) is 18.3. The fourth-order valence-corrected chi connectivity index (χ4v) is 3.44. The molecule has 0 bridgehead atoms. The Balaban J connectivity index is 1.70. The van der Waals surface area contributed by atoms with Gasteiger partial charge >= 0.3 is 5.97 Å². The SMILES string of the molecule is COC(=O)c1ccc2[nH]c3c(c2c1)CN(C(=O)c1ccccc1F)CC3. The smallest absolute Gasteiger partial charge is 0.337 e. The molecule has 1 amide bonds. The largest absolute Gasteiger partial charge is 0.465 e. The van der Waals surface area contributed by atoms with Crippen molar-refractivity contribution in [1.29, 1.82) is 0 Å². The van der Waals surface area contributed by atoms with Gasteiger partial charge < -0.3 is 14.6 Å². The first-order valence-electron chi connectivity index (χ1n) is 8.34. The molecule has 0 saturated carbocycles. The summed E-state index contributed by atoms with van der Waals surface area (Å²) in [5, 5.41) is 0.883. The van der Waals surface area contributed by atoms with Crippen molar-refractivity contribution in [2.75, 3.05) is 13.7 Å². The van der Waals surface area contributed by atoms with Crippen LogP contribution in [0.5, 0.6) is 0 Å². The molecular weight excluding hydrogens is 335 g/mol. The van der Waals surface area contributed by atoms with E-state index in [9.17, 15) is 14.0 Å². The average molecular weight is 352 g/mol. The number of fused-ring (bicyclic) bond motifs is 3. The van der Waals surface area contributed by atoms with Gasteiger partial charge in [-0.2, -0.15) is 0 Å². The summed E-state index contributed by atoms with van der Waals surface area (Å²) in [6.45, 7) is 0.879. The van der Waals surface area contributed by atoms with Gasteiger partial charge in [-0.15, -0.1) is 0 Å². The predicted molar refractivity (Wildman–Crippen MR) is 94.5 cm³/mol. The zero-order valence-corrected chi connectivity index (χ0v) is 14.2. The molecule has 2 heterocycles. The van der Waals surface area contributed by atoms with Crippen LogP contribution < -0.4 is 0 Å². The van der Waals surface area contributed by atoms with Crippen molar-refractivity contribution >= 4 is 22.8 Å². The van der Waals surface area contributed by atoms with Crippen molar-refractivity contribution in [2.45, 2.75) is 13.0 Å². The third-order valence-corrected chi connectivity index (χ3v) is 4.79. The number of methoxy groups -OCH3 is 1. The first kappa shape index (κ1) is 16.3. The van der Waals surface area contributed by atoms with E-state index in [1.165, 1.54) is 19.2 Å². The maximum atomic E-state index is 14.0. The highest BCUT2D eigenvalue weighted by Crippen LogP contribution is 2.29. The Kier molecular flexibility index (Phi) is 3.95. The molecule has 1 aliphatic rings. The number of nitrogens with one attached hydrogen (secondary N) is 1. The van der Waals surface area contributed by atoms with Crippen molar-refractivity contribution in [3.63, 3.8) is 0 Å². The molecule has 1 N–H and O–H groups in total. The molecule has 132 valence electrons. The van der Waals surface area contributed by atoms with Crippen molar-refractivity contribution in [1.82, 2.24) is 9.88 Å². The number of aromatic nitrogens is 1. The Morgan fingerprint density at radius 2 is 2.00 bits per heavy atom. The van der Waals surface area contributed by atoms with E-state index in [1.807, 2.05) is 6.07 Å². The number of rotatable bonds is 2. The summed E-state index contributed by atoms with van der Waals surface area (Å²) in [6, 6.07) is 11.3. The van der Waals surface area contributed by atoms with Gasteiger partial charge in [-0.25, -0.2) is 9.18 Å². The lowest BCUT2D eigenvalue weighted by molar-refractivity contribution is 0.0600. The van der Waals surface area contributed by atoms with Crippen LogP contribution in [0.15, 0.2) is 42.5 Å². The summed E-state index contributed by atoms with van der Waals surface area (Å²) in [7, 11) is 1.34. The molecule has 0 radical (unpaired) electrons. The number of nitrogens with zero attached hydrogens (tertiary/aromatic N) is 1. The summed E-state index contributed by atoms with van der Waals surface area (Å²) >= 11 is 0. The predicted octanol–water partition coefficient (Wildman–Crippen LogP) is 3.29. The van der Waals surface area contributed by atoms with Gasteiger partial charge in [0, 0.05) is 41.7 Å². The molecule has 3 aromatic rings. The summed E-state index contributed by atoms with van der Waals surface area (Å²) in [5.41, 5.74) is 3.44. The molecule has 0 aliphatic carbocycles. The highest BCUT2D eigenvalue weighted by atomic mass is 19.1. The van der Waals surface area contributed by atoms with E-state index in [4.69, 9.17) is 4.74 Å². The Hall–Kier alpha value is -3.15. The van der Waals surface area contributed by atoms with Crippen molar-refractivity contribution < 1.29 is 18.7 Å². The lowest BCUT2D eigenvalue weighted by atomic mass is 10.0. The lowest BCUT2D eigenvalue weighted by Crippen LogP contribution is -2.36. The van der Waals surface area contributed by atoms with Gasteiger partial charge in [0.2, 0.25) is 0 Å². The van der Waals surface area contributed by atoms with Gasteiger partial charge in [-0.3, -0.25) is 4.79 Å². The number of ether oxygens (including phenoxy) is 1. The summed E-state index contributed by atoms with van der Waals surface area (Å²) in [6.07, 6.45) is 0.651. The minimum absolute atomic E-state index is 0.0750. The van der Waals surface area contributed by atoms with Crippen LogP contribution in [-0.4, -0.2) is 35.4 Å². The van der Waals surface area contributed by atoms with E-state index in [0.717, 1.165) is 22.2 Å². The van der Waals surface area contributed by atoms with E-state index >= 15 is 0 Å². The maximum absolute atomic E-state index is 14.0. The number of carbonyl (C=O) groups is 2. The van der Waals surface area contributed by atoms with Gasteiger partial charge in [0.05, 0.1) is 18.2 Å². The fraction of sp³-hybridized carbons (Fsp3) is 0.200. The van der Waals surface area contributed by atoms with Crippen LogP contribution in [0.2, 0.25) is 0 Å². The first-order valence-corrected chi connectivity index (χ1v) is 8.34. The van der Waals surface area contributed by atoms with E-state index < -0.39 is 11.8 Å². The minimum atomic E-state index is -0.518. The Labute approximate surface area is 149 Å².